The van der Waals surface area contributed by atoms with Gasteiger partial charge in [0.2, 0.25) is 0 Å². The van der Waals surface area contributed by atoms with E-state index in [0.29, 0.717) is 37.1 Å². The number of hydrogen-bond donors (Lipinski definition) is 4. The quantitative estimate of drug-likeness (QED) is 0.547. The molecule has 2 fully saturated rings. The lowest BCUT2D eigenvalue weighted by molar-refractivity contribution is 0.131. The van der Waals surface area contributed by atoms with Gasteiger partial charge in [0.25, 0.3) is 0 Å². The van der Waals surface area contributed by atoms with Gasteiger partial charge in [-0.2, -0.15) is 0 Å². The van der Waals surface area contributed by atoms with Crippen molar-refractivity contribution in [3.8, 4) is 0 Å². The van der Waals surface area contributed by atoms with Gasteiger partial charge in [0.05, 0.1) is 0 Å². The van der Waals surface area contributed by atoms with Crippen LogP contribution in [0.15, 0.2) is 0 Å². The maximum atomic E-state index is 8.57. The van der Waals surface area contributed by atoms with Crippen LogP contribution in [0.3, 0.4) is 0 Å². The Morgan fingerprint density at radius 3 is 1.31 bits per heavy atom. The molecule has 2 aliphatic rings. The van der Waals surface area contributed by atoms with Gasteiger partial charge in [-0.25, -0.2) is 0 Å². The maximum absolute atomic E-state index is 8.57. The molecule has 0 aromatic carbocycles. The van der Waals surface area contributed by atoms with Gasteiger partial charge < -0.3 is 20.8 Å². The van der Waals surface area contributed by atoms with Crippen molar-refractivity contribution in [2.24, 2.45) is 11.8 Å². The van der Waals surface area contributed by atoms with Crippen molar-refractivity contribution in [2.45, 2.75) is 37.8 Å². The molecule has 0 radical (unpaired) electrons. The predicted molar refractivity (Wildman–Crippen MR) is 65.3 cm³/mol. The number of aliphatic hydroxyl groups excluding tert-OH is 2. The summed E-state index contributed by atoms with van der Waals surface area (Å²) in [7, 11) is 3.94. The molecular formula is C12H26N2O2. The Bertz CT molecular complexity index is 142. The molecular weight excluding hydrogens is 204 g/mol. The van der Waals surface area contributed by atoms with Crippen LogP contribution in [0.1, 0.15) is 25.7 Å². The summed E-state index contributed by atoms with van der Waals surface area (Å²) in [5.41, 5.74) is 0. The number of aliphatic hydroxyl groups is 2. The van der Waals surface area contributed by atoms with E-state index in [-0.39, 0.29) is 0 Å². The second kappa shape index (κ2) is 7.22. The number of rotatable bonds is 4. The topological polar surface area (TPSA) is 64.5 Å². The zero-order chi connectivity index (χ0) is 12.0. The van der Waals surface area contributed by atoms with E-state index in [1.54, 1.807) is 0 Å². The zero-order valence-corrected chi connectivity index (χ0v) is 10.4. The number of hydrogen-bond acceptors (Lipinski definition) is 4. The molecule has 0 saturated heterocycles. The van der Waals surface area contributed by atoms with Crippen LogP contribution in [0.5, 0.6) is 0 Å². The Morgan fingerprint density at radius 1 is 0.812 bits per heavy atom. The van der Waals surface area contributed by atoms with E-state index >= 15 is 0 Å². The molecule has 4 nitrogen and oxygen atoms in total. The van der Waals surface area contributed by atoms with Gasteiger partial charge in [-0.3, -0.25) is 0 Å². The standard InChI is InChI=1S/2C6H13NO/c2*1-7-6-2-5(3-6)4-8/h2*5-8H,2-4H2,1H3. The van der Waals surface area contributed by atoms with Gasteiger partial charge >= 0.3 is 0 Å². The third-order valence-corrected chi connectivity index (χ3v) is 3.80. The molecule has 0 heterocycles. The van der Waals surface area contributed by atoms with Gasteiger partial charge in [0.1, 0.15) is 0 Å². The first-order valence-corrected chi connectivity index (χ1v) is 6.29. The molecule has 4 N–H and O–H groups in total. The van der Waals surface area contributed by atoms with E-state index < -0.39 is 0 Å². The zero-order valence-electron chi connectivity index (χ0n) is 10.4. The van der Waals surface area contributed by atoms with Crippen LogP contribution < -0.4 is 10.6 Å². The Kier molecular flexibility index (Phi) is 6.28. The van der Waals surface area contributed by atoms with Crippen molar-refractivity contribution in [3.05, 3.63) is 0 Å². The van der Waals surface area contributed by atoms with E-state index in [1.807, 2.05) is 14.1 Å². The van der Waals surface area contributed by atoms with Crippen LogP contribution in [-0.4, -0.2) is 49.6 Å². The Balaban J connectivity index is 0.000000160. The molecule has 0 unspecified atom stereocenters. The minimum Gasteiger partial charge on any atom is -0.396 e. The van der Waals surface area contributed by atoms with Crippen molar-refractivity contribution in [2.75, 3.05) is 27.3 Å². The molecule has 0 amide bonds. The highest BCUT2D eigenvalue weighted by Gasteiger charge is 2.26. The molecule has 96 valence electrons. The van der Waals surface area contributed by atoms with Crippen LogP contribution in [0.25, 0.3) is 0 Å². The fourth-order valence-electron chi connectivity index (χ4n) is 2.24. The van der Waals surface area contributed by atoms with Gasteiger partial charge in [-0.15, -0.1) is 0 Å². The van der Waals surface area contributed by atoms with Crippen LogP contribution in [-0.2, 0) is 0 Å². The predicted octanol–water partition coefficient (Wildman–Crippen LogP) is -0.0466. The summed E-state index contributed by atoms with van der Waals surface area (Å²) in [6, 6.07) is 1.37. The minimum absolute atomic E-state index is 0.373. The molecule has 2 saturated carbocycles. The van der Waals surface area contributed by atoms with Crippen molar-refractivity contribution >= 4 is 0 Å². The van der Waals surface area contributed by atoms with E-state index in [2.05, 4.69) is 10.6 Å². The number of nitrogens with one attached hydrogen (secondary N) is 2. The normalized spacial score (nSPS) is 36.8. The lowest BCUT2D eigenvalue weighted by Crippen LogP contribution is -2.40. The highest BCUT2D eigenvalue weighted by atomic mass is 16.3. The second-order valence-electron chi connectivity index (χ2n) is 5.01. The average Bonchev–Trinajstić information content (AvgIpc) is 2.17. The van der Waals surface area contributed by atoms with E-state index in [0.717, 1.165) is 25.7 Å². The lowest BCUT2D eigenvalue weighted by Gasteiger charge is -2.33. The first-order valence-electron chi connectivity index (χ1n) is 6.29. The summed E-state index contributed by atoms with van der Waals surface area (Å²) < 4.78 is 0. The molecule has 2 aliphatic carbocycles. The van der Waals surface area contributed by atoms with Gasteiger partial charge in [0.15, 0.2) is 0 Å². The summed E-state index contributed by atoms with van der Waals surface area (Å²) in [4.78, 5) is 0. The fraction of sp³-hybridized carbons (Fsp3) is 1.00. The largest absolute Gasteiger partial charge is 0.396 e. The van der Waals surface area contributed by atoms with Crippen LogP contribution in [0.4, 0.5) is 0 Å². The third kappa shape index (κ3) is 4.01. The van der Waals surface area contributed by atoms with Gasteiger partial charge in [-0.05, 0) is 51.6 Å². The SMILES string of the molecule is CNC1CC(CO)C1.CNC1CC(CO)C1. The van der Waals surface area contributed by atoms with E-state index in [4.69, 9.17) is 10.2 Å². The summed E-state index contributed by atoms with van der Waals surface area (Å²) in [6.45, 7) is 0.746. The summed E-state index contributed by atoms with van der Waals surface area (Å²) >= 11 is 0. The van der Waals surface area contributed by atoms with Crippen molar-refractivity contribution in [3.63, 3.8) is 0 Å². The van der Waals surface area contributed by atoms with Crippen molar-refractivity contribution < 1.29 is 10.2 Å². The highest BCUT2D eigenvalue weighted by molar-refractivity contribution is 4.83. The Hall–Kier alpha value is -0.160. The van der Waals surface area contributed by atoms with Gasteiger partial charge in [0, 0.05) is 25.3 Å². The molecule has 0 aliphatic heterocycles. The fourth-order valence-corrected chi connectivity index (χ4v) is 2.24. The molecule has 4 heteroatoms. The first kappa shape index (κ1) is 13.9. The average molecular weight is 230 g/mol. The smallest absolute Gasteiger partial charge is 0.0460 e. The molecule has 0 bridgehead atoms. The van der Waals surface area contributed by atoms with E-state index in [1.165, 1.54) is 0 Å². The minimum atomic E-state index is 0.373. The third-order valence-electron chi connectivity index (χ3n) is 3.80. The molecule has 0 atom stereocenters. The summed E-state index contributed by atoms with van der Waals surface area (Å²) in [6.07, 6.45) is 4.64. The summed E-state index contributed by atoms with van der Waals surface area (Å²) in [5.74, 6) is 1.18. The highest BCUT2D eigenvalue weighted by Crippen LogP contribution is 2.26. The molecule has 2 rings (SSSR count). The van der Waals surface area contributed by atoms with Crippen molar-refractivity contribution in [1.29, 1.82) is 0 Å². The van der Waals surface area contributed by atoms with Gasteiger partial charge in [-0.1, -0.05) is 0 Å². The van der Waals surface area contributed by atoms with Crippen molar-refractivity contribution in [1.82, 2.24) is 10.6 Å². The van der Waals surface area contributed by atoms with Crippen LogP contribution in [0.2, 0.25) is 0 Å². The van der Waals surface area contributed by atoms with E-state index in [9.17, 15) is 0 Å². The van der Waals surface area contributed by atoms with Crippen LogP contribution in [0, 0.1) is 11.8 Å². The first-order chi connectivity index (χ1) is 7.73. The molecule has 0 aromatic rings. The summed E-state index contributed by atoms with van der Waals surface area (Å²) in [5, 5.41) is 23.5. The lowest BCUT2D eigenvalue weighted by atomic mass is 9.81. The second-order valence-corrected chi connectivity index (χ2v) is 5.01. The molecule has 0 spiro atoms. The monoisotopic (exact) mass is 230 g/mol. The molecule has 0 aromatic heterocycles. The molecule has 16 heavy (non-hydrogen) atoms. The maximum Gasteiger partial charge on any atom is 0.0460 e. The van der Waals surface area contributed by atoms with Crippen LogP contribution >= 0.6 is 0 Å². The Labute approximate surface area is 98.4 Å². The Morgan fingerprint density at radius 2 is 1.12 bits per heavy atom.